The van der Waals surface area contributed by atoms with E-state index in [4.69, 9.17) is 14.6 Å². The number of ether oxygens (including phenoxy) is 2. The van der Waals surface area contributed by atoms with Crippen molar-refractivity contribution < 1.29 is 47.3 Å². The first-order valence-electron chi connectivity index (χ1n) is 3.68. The molecule has 4 nitrogen and oxygen atoms in total. The second-order valence-corrected chi connectivity index (χ2v) is 1.95. The monoisotopic (exact) mass is 251 g/mol. The normalized spacial score (nSPS) is 9.50. The minimum Gasteiger partial charge on any atom is -0.471 e. The van der Waals surface area contributed by atoms with Crippen molar-refractivity contribution in [1.82, 2.24) is 5.32 Å². The van der Waals surface area contributed by atoms with E-state index >= 15 is 0 Å². The molecule has 0 spiro atoms. The molecule has 1 radical (unpaired) electrons. The molecular weight excluding hydrogens is 235 g/mol. The van der Waals surface area contributed by atoms with E-state index in [9.17, 15) is 0 Å². The quantitative estimate of drug-likeness (QED) is 0.446. The van der Waals surface area contributed by atoms with E-state index in [2.05, 4.69) is 12.4 Å². The van der Waals surface area contributed by atoms with Crippen molar-refractivity contribution in [2.24, 2.45) is 0 Å². The van der Waals surface area contributed by atoms with Gasteiger partial charge in [-0.25, -0.2) is 0 Å². The molecule has 0 aliphatic rings. The summed E-state index contributed by atoms with van der Waals surface area (Å²) in [7, 11) is 3.44. The molecule has 0 aliphatic carbocycles. The molecule has 0 fully saturated rings. The van der Waals surface area contributed by atoms with Crippen molar-refractivity contribution in [3.63, 3.8) is 0 Å². The van der Waals surface area contributed by atoms with Gasteiger partial charge in [-0.1, -0.05) is 0 Å². The molecule has 0 saturated carbocycles. The molecule has 12 heavy (non-hydrogen) atoms. The fourth-order valence-corrected chi connectivity index (χ4v) is 0.531. The van der Waals surface area contributed by atoms with Gasteiger partial charge in [-0.2, -0.15) is 0 Å². The molecule has 2 N–H and O–H groups in total. The first-order chi connectivity index (χ1) is 5.41. The Morgan fingerprint density at radius 3 is 2.17 bits per heavy atom. The van der Waals surface area contributed by atoms with E-state index < -0.39 is 0 Å². The molecule has 0 unspecified atom stereocenters. The molecule has 0 atom stereocenters. The summed E-state index contributed by atoms with van der Waals surface area (Å²) < 4.78 is 10.1. The molecular formula is C7H16NO3Y-. The van der Waals surface area contributed by atoms with Gasteiger partial charge in [-0.15, -0.1) is 0 Å². The summed E-state index contributed by atoms with van der Waals surface area (Å²) in [5.74, 6) is 0. The van der Waals surface area contributed by atoms with Crippen LogP contribution in [0.1, 0.15) is 0 Å². The van der Waals surface area contributed by atoms with Crippen molar-refractivity contribution in [1.29, 1.82) is 0 Å². The Balaban J connectivity index is 0. The number of aliphatic hydroxyl groups excluding tert-OH is 1. The van der Waals surface area contributed by atoms with E-state index in [0.717, 1.165) is 6.54 Å². The van der Waals surface area contributed by atoms with Gasteiger partial charge in [-0.3, -0.25) is 7.05 Å². The number of nitrogens with one attached hydrogen (secondary N) is 1. The largest absolute Gasteiger partial charge is 0.471 e. The second-order valence-electron chi connectivity index (χ2n) is 1.95. The van der Waals surface area contributed by atoms with Crippen LogP contribution in [0.2, 0.25) is 0 Å². The average Bonchev–Trinajstić information content (AvgIpc) is 2.03. The van der Waals surface area contributed by atoms with Gasteiger partial charge < -0.3 is 19.9 Å². The van der Waals surface area contributed by atoms with Gasteiger partial charge in [-0.05, 0) is 6.54 Å². The third-order valence-electron chi connectivity index (χ3n) is 1.03. The number of hydrogen-bond donors (Lipinski definition) is 2. The topological polar surface area (TPSA) is 50.7 Å². The van der Waals surface area contributed by atoms with E-state index in [1.54, 1.807) is 0 Å². The van der Waals surface area contributed by atoms with Crippen LogP contribution in [0.25, 0.3) is 0 Å². The van der Waals surface area contributed by atoms with Gasteiger partial charge in [0.1, 0.15) is 0 Å². The zero-order chi connectivity index (χ0) is 8.36. The minimum atomic E-state index is 0. The molecule has 0 aliphatic heterocycles. The number of hydrogen-bond acceptors (Lipinski definition) is 4. The van der Waals surface area contributed by atoms with Crippen molar-refractivity contribution >= 4 is 0 Å². The maximum Gasteiger partial charge on any atom is 0.0701 e. The van der Waals surface area contributed by atoms with Crippen molar-refractivity contribution in [3.05, 3.63) is 7.05 Å². The molecule has 0 amide bonds. The first-order valence-corrected chi connectivity index (χ1v) is 3.68. The predicted molar refractivity (Wildman–Crippen MR) is 42.1 cm³/mol. The predicted octanol–water partition coefficient (Wildman–Crippen LogP) is -0.609. The summed E-state index contributed by atoms with van der Waals surface area (Å²) in [6.07, 6.45) is 0. The fourth-order valence-electron chi connectivity index (χ4n) is 0.531. The number of rotatable bonds is 8. The SMILES string of the molecule is [CH2-]NCCOCCOCCO.[Y]. The van der Waals surface area contributed by atoms with Gasteiger partial charge in [0.15, 0.2) is 0 Å². The molecule has 0 aromatic heterocycles. The van der Waals surface area contributed by atoms with E-state index in [1.807, 2.05) is 0 Å². The summed E-state index contributed by atoms with van der Waals surface area (Å²) in [5.41, 5.74) is 0. The zero-order valence-corrected chi connectivity index (χ0v) is 10.1. The Morgan fingerprint density at radius 1 is 1.08 bits per heavy atom. The summed E-state index contributed by atoms with van der Waals surface area (Å²) in [6.45, 7) is 2.96. The summed E-state index contributed by atoms with van der Waals surface area (Å²) in [5, 5.41) is 11.0. The van der Waals surface area contributed by atoms with E-state index in [0.29, 0.717) is 26.4 Å². The van der Waals surface area contributed by atoms with E-state index in [-0.39, 0.29) is 39.3 Å². The van der Waals surface area contributed by atoms with Crippen LogP contribution in [0.15, 0.2) is 0 Å². The summed E-state index contributed by atoms with van der Waals surface area (Å²) in [4.78, 5) is 0. The Labute approximate surface area is 98.9 Å². The van der Waals surface area contributed by atoms with Crippen LogP contribution in [-0.4, -0.2) is 44.7 Å². The van der Waals surface area contributed by atoms with Crippen LogP contribution >= 0.6 is 0 Å². The van der Waals surface area contributed by atoms with Crippen LogP contribution in [0.5, 0.6) is 0 Å². The third-order valence-corrected chi connectivity index (χ3v) is 1.03. The van der Waals surface area contributed by atoms with Crippen LogP contribution in [-0.2, 0) is 42.2 Å². The maximum absolute atomic E-state index is 8.32. The van der Waals surface area contributed by atoms with Crippen LogP contribution in [0.4, 0.5) is 0 Å². The van der Waals surface area contributed by atoms with Gasteiger partial charge in [0.25, 0.3) is 0 Å². The van der Waals surface area contributed by atoms with Crippen molar-refractivity contribution in [2.45, 2.75) is 0 Å². The Kier molecular flexibility index (Phi) is 18.6. The van der Waals surface area contributed by atoms with Gasteiger partial charge in [0.2, 0.25) is 0 Å². The Bertz CT molecular complexity index is 67.7. The van der Waals surface area contributed by atoms with Crippen molar-refractivity contribution in [3.8, 4) is 0 Å². The van der Waals surface area contributed by atoms with Crippen LogP contribution < -0.4 is 5.32 Å². The standard InChI is InChI=1S/C7H16NO3.Y/c1-8-2-4-10-6-7-11-5-3-9;/h8-9H,1-7H2;/q-1;. The maximum atomic E-state index is 8.32. The summed E-state index contributed by atoms with van der Waals surface area (Å²) in [6, 6.07) is 0. The molecule has 5 heteroatoms. The van der Waals surface area contributed by atoms with E-state index in [1.165, 1.54) is 0 Å². The molecule has 0 saturated heterocycles. The first kappa shape index (κ1) is 15.4. The summed E-state index contributed by atoms with van der Waals surface area (Å²) >= 11 is 0. The van der Waals surface area contributed by atoms with Crippen LogP contribution in [0, 0.1) is 7.05 Å². The zero-order valence-electron chi connectivity index (χ0n) is 7.29. The Hall–Kier alpha value is 0.944. The van der Waals surface area contributed by atoms with Crippen molar-refractivity contribution in [2.75, 3.05) is 39.6 Å². The number of aliphatic hydroxyl groups is 1. The molecule has 0 heterocycles. The van der Waals surface area contributed by atoms with Crippen LogP contribution in [0.3, 0.4) is 0 Å². The smallest absolute Gasteiger partial charge is 0.0701 e. The molecule has 0 bridgehead atoms. The Morgan fingerprint density at radius 2 is 1.67 bits per heavy atom. The average molecular weight is 251 g/mol. The molecule has 0 aromatic rings. The third kappa shape index (κ3) is 13.5. The van der Waals surface area contributed by atoms with Gasteiger partial charge in [0.05, 0.1) is 33.0 Å². The molecule has 71 valence electrons. The second kappa shape index (κ2) is 14.5. The molecule has 0 rings (SSSR count). The fraction of sp³-hybridized carbons (Fsp3) is 0.857. The minimum absolute atomic E-state index is 0. The van der Waals surface area contributed by atoms with Gasteiger partial charge in [0, 0.05) is 32.7 Å². The van der Waals surface area contributed by atoms with Gasteiger partial charge >= 0.3 is 0 Å². The molecule has 0 aromatic carbocycles.